The Balaban J connectivity index is 1.84. The van der Waals surface area contributed by atoms with Crippen LogP contribution in [-0.2, 0) is 11.2 Å². The van der Waals surface area contributed by atoms with Gasteiger partial charge in [-0.05, 0) is 42.7 Å². The van der Waals surface area contributed by atoms with E-state index in [0.717, 1.165) is 28.9 Å². The maximum absolute atomic E-state index is 12.7. The molecule has 0 aliphatic carbocycles. The van der Waals surface area contributed by atoms with Crippen LogP contribution in [0, 0.1) is 18.3 Å². The fourth-order valence-corrected chi connectivity index (χ4v) is 2.80. The number of rotatable bonds is 6. The zero-order valence-corrected chi connectivity index (χ0v) is 16.3. The Labute approximate surface area is 170 Å². The lowest BCUT2D eigenvalue weighted by atomic mass is 10.1. The minimum Gasteiger partial charge on any atom is -0.340 e. The fraction of sp³-hybridized carbons (Fsp3) is 0.130. The third-order valence-corrected chi connectivity index (χ3v) is 4.29. The molecule has 144 valence electrons. The fourth-order valence-electron chi connectivity index (χ4n) is 2.80. The molecule has 0 atom stereocenters. The second kappa shape index (κ2) is 9.29. The van der Waals surface area contributed by atoms with E-state index < -0.39 is 5.91 Å². The molecular weight excluding hydrogens is 362 g/mol. The van der Waals surface area contributed by atoms with Gasteiger partial charge in [-0.3, -0.25) is 4.79 Å². The summed E-state index contributed by atoms with van der Waals surface area (Å²) in [6, 6.07) is 18.8. The number of nitrogens with one attached hydrogen (secondary N) is 2. The molecule has 1 heterocycles. The van der Waals surface area contributed by atoms with Crippen molar-refractivity contribution in [1.29, 1.82) is 5.26 Å². The van der Waals surface area contributed by atoms with Gasteiger partial charge < -0.3 is 10.6 Å². The summed E-state index contributed by atoms with van der Waals surface area (Å²) in [6.45, 7) is 3.90. The van der Waals surface area contributed by atoms with E-state index >= 15 is 0 Å². The van der Waals surface area contributed by atoms with Gasteiger partial charge in [0.2, 0.25) is 0 Å². The smallest absolute Gasteiger partial charge is 0.266 e. The average Bonchev–Trinajstić information content (AvgIpc) is 2.73. The van der Waals surface area contributed by atoms with Gasteiger partial charge in [0.1, 0.15) is 23.8 Å². The summed E-state index contributed by atoms with van der Waals surface area (Å²) in [5.74, 6) is 0.224. The topological polar surface area (TPSA) is 90.7 Å². The molecule has 2 N–H and O–H groups in total. The second-order valence-electron chi connectivity index (χ2n) is 6.43. The Morgan fingerprint density at radius 3 is 2.62 bits per heavy atom. The highest BCUT2D eigenvalue weighted by Crippen LogP contribution is 2.24. The molecule has 0 spiro atoms. The van der Waals surface area contributed by atoms with E-state index in [0.29, 0.717) is 11.5 Å². The van der Waals surface area contributed by atoms with Crippen LogP contribution in [0.2, 0.25) is 0 Å². The summed E-state index contributed by atoms with van der Waals surface area (Å²) < 4.78 is 0. The first-order valence-electron chi connectivity index (χ1n) is 9.26. The second-order valence-corrected chi connectivity index (χ2v) is 6.43. The molecule has 0 aliphatic heterocycles. The Hall–Kier alpha value is -3.98. The van der Waals surface area contributed by atoms with Crippen molar-refractivity contribution in [3.05, 3.63) is 83.3 Å². The van der Waals surface area contributed by atoms with Crippen LogP contribution >= 0.6 is 0 Å². The SMILES string of the molecule is CCc1ccc(Nc2cc(C)ncn2)cc1NC(=O)/C(C#N)=C/c1ccccc1. The molecule has 0 bridgehead atoms. The number of aryl methyl sites for hydroxylation is 2. The van der Waals surface area contributed by atoms with Crippen molar-refractivity contribution < 1.29 is 4.79 Å². The molecule has 6 heteroatoms. The third kappa shape index (κ3) is 5.27. The highest BCUT2D eigenvalue weighted by molar-refractivity contribution is 6.10. The summed E-state index contributed by atoms with van der Waals surface area (Å²) >= 11 is 0. The highest BCUT2D eigenvalue weighted by Gasteiger charge is 2.12. The normalized spacial score (nSPS) is 10.9. The number of amides is 1. The van der Waals surface area contributed by atoms with Gasteiger partial charge in [0.15, 0.2) is 0 Å². The van der Waals surface area contributed by atoms with Crippen molar-refractivity contribution in [3.8, 4) is 6.07 Å². The highest BCUT2D eigenvalue weighted by atomic mass is 16.1. The number of benzene rings is 2. The van der Waals surface area contributed by atoms with E-state index in [1.807, 2.05) is 74.5 Å². The van der Waals surface area contributed by atoms with E-state index in [9.17, 15) is 10.1 Å². The molecule has 3 rings (SSSR count). The van der Waals surface area contributed by atoms with E-state index in [4.69, 9.17) is 0 Å². The third-order valence-electron chi connectivity index (χ3n) is 4.29. The first-order chi connectivity index (χ1) is 14.1. The lowest BCUT2D eigenvalue weighted by molar-refractivity contribution is -0.112. The number of anilines is 3. The minimum absolute atomic E-state index is 0.0445. The molecule has 3 aromatic rings. The first kappa shape index (κ1) is 19.8. The summed E-state index contributed by atoms with van der Waals surface area (Å²) in [5, 5.41) is 15.5. The van der Waals surface area contributed by atoms with Gasteiger partial charge in [-0.25, -0.2) is 9.97 Å². The molecule has 29 heavy (non-hydrogen) atoms. The summed E-state index contributed by atoms with van der Waals surface area (Å²) in [5.41, 5.74) is 4.10. The molecule has 1 amide bonds. The Kier molecular flexibility index (Phi) is 6.33. The Morgan fingerprint density at radius 1 is 1.14 bits per heavy atom. The number of aromatic nitrogens is 2. The van der Waals surface area contributed by atoms with Gasteiger partial charge in [-0.15, -0.1) is 0 Å². The molecule has 0 unspecified atom stereocenters. The number of nitriles is 1. The molecule has 0 fully saturated rings. The van der Waals surface area contributed by atoms with Crippen molar-refractivity contribution in [2.75, 3.05) is 10.6 Å². The zero-order chi connectivity index (χ0) is 20.6. The van der Waals surface area contributed by atoms with Crippen LogP contribution in [0.25, 0.3) is 6.08 Å². The lowest BCUT2D eigenvalue weighted by Crippen LogP contribution is -2.15. The van der Waals surface area contributed by atoms with Gasteiger partial charge in [0, 0.05) is 23.1 Å². The van der Waals surface area contributed by atoms with Gasteiger partial charge in [0.05, 0.1) is 0 Å². The van der Waals surface area contributed by atoms with Gasteiger partial charge >= 0.3 is 0 Å². The van der Waals surface area contributed by atoms with Crippen molar-refractivity contribution in [3.63, 3.8) is 0 Å². The van der Waals surface area contributed by atoms with Crippen LogP contribution < -0.4 is 10.6 Å². The quantitative estimate of drug-likeness (QED) is 0.478. The predicted octanol–water partition coefficient (Wildman–Crippen LogP) is 4.64. The van der Waals surface area contributed by atoms with Crippen molar-refractivity contribution >= 4 is 29.2 Å². The summed E-state index contributed by atoms with van der Waals surface area (Å²) in [4.78, 5) is 21.0. The molecule has 6 nitrogen and oxygen atoms in total. The summed E-state index contributed by atoms with van der Waals surface area (Å²) in [6.07, 6.45) is 3.81. The molecule has 0 saturated carbocycles. The number of hydrogen-bond donors (Lipinski definition) is 2. The maximum atomic E-state index is 12.7. The van der Waals surface area contributed by atoms with Crippen LogP contribution in [0.15, 0.2) is 66.5 Å². The van der Waals surface area contributed by atoms with Crippen LogP contribution in [-0.4, -0.2) is 15.9 Å². The Morgan fingerprint density at radius 2 is 1.93 bits per heavy atom. The predicted molar refractivity (Wildman–Crippen MR) is 115 cm³/mol. The monoisotopic (exact) mass is 383 g/mol. The number of carbonyl (C=O) groups is 1. The van der Waals surface area contributed by atoms with Crippen molar-refractivity contribution in [2.24, 2.45) is 0 Å². The van der Waals surface area contributed by atoms with E-state index in [1.54, 1.807) is 6.08 Å². The molecule has 1 aromatic heterocycles. The zero-order valence-electron chi connectivity index (χ0n) is 16.3. The Bertz CT molecular complexity index is 1080. The molecular formula is C23H21N5O. The largest absolute Gasteiger partial charge is 0.340 e. The molecule has 0 saturated heterocycles. The van der Waals surface area contributed by atoms with Crippen molar-refractivity contribution in [2.45, 2.75) is 20.3 Å². The first-order valence-corrected chi connectivity index (χ1v) is 9.26. The maximum Gasteiger partial charge on any atom is 0.266 e. The van der Waals surface area contributed by atoms with Crippen LogP contribution in [0.3, 0.4) is 0 Å². The van der Waals surface area contributed by atoms with E-state index in [-0.39, 0.29) is 5.57 Å². The molecule has 2 aromatic carbocycles. The van der Waals surface area contributed by atoms with E-state index in [2.05, 4.69) is 20.6 Å². The molecule has 0 aliphatic rings. The van der Waals surface area contributed by atoms with Crippen molar-refractivity contribution in [1.82, 2.24) is 9.97 Å². The number of carbonyl (C=O) groups excluding carboxylic acids is 1. The average molecular weight is 383 g/mol. The van der Waals surface area contributed by atoms with Gasteiger partial charge in [-0.2, -0.15) is 5.26 Å². The van der Waals surface area contributed by atoms with Gasteiger partial charge in [-0.1, -0.05) is 43.3 Å². The van der Waals surface area contributed by atoms with Crippen LogP contribution in [0.5, 0.6) is 0 Å². The molecule has 0 radical (unpaired) electrons. The van der Waals surface area contributed by atoms with E-state index in [1.165, 1.54) is 6.33 Å². The minimum atomic E-state index is -0.443. The summed E-state index contributed by atoms with van der Waals surface area (Å²) in [7, 11) is 0. The number of nitrogens with zero attached hydrogens (tertiary/aromatic N) is 3. The van der Waals surface area contributed by atoms with Gasteiger partial charge in [0.25, 0.3) is 5.91 Å². The lowest BCUT2D eigenvalue weighted by Gasteiger charge is -2.13. The van der Waals surface area contributed by atoms with Crippen LogP contribution in [0.4, 0.5) is 17.2 Å². The van der Waals surface area contributed by atoms with Crippen LogP contribution in [0.1, 0.15) is 23.7 Å². The number of hydrogen-bond acceptors (Lipinski definition) is 5. The standard InChI is InChI=1S/C23H21N5O/c1-3-18-9-10-20(27-22-11-16(2)25-15-26-22)13-21(18)28-23(29)19(14-24)12-17-7-5-4-6-8-17/h4-13,15H,3H2,1-2H3,(H,28,29)(H,25,26,27)/b19-12+.